The number of benzene rings is 3. The van der Waals surface area contributed by atoms with Gasteiger partial charge in [-0.25, -0.2) is 0 Å². The predicted octanol–water partition coefficient (Wildman–Crippen LogP) is 5.09. The molecule has 0 bridgehead atoms. The van der Waals surface area contributed by atoms with Crippen LogP contribution in [0.1, 0.15) is 34.7 Å². The Labute approximate surface area is 215 Å². The van der Waals surface area contributed by atoms with Gasteiger partial charge in [0.2, 0.25) is 16.7 Å². The molecule has 2 aliphatic rings. The first kappa shape index (κ1) is 24.1. The van der Waals surface area contributed by atoms with E-state index < -0.39 is 4.87 Å². The Balaban J connectivity index is 1.53. The third kappa shape index (κ3) is 3.78. The molecular formula is C29H29N3O3S. The summed E-state index contributed by atoms with van der Waals surface area (Å²) < 4.78 is 0. The van der Waals surface area contributed by atoms with Gasteiger partial charge in [0.15, 0.2) is 0 Å². The average molecular weight is 500 g/mol. The maximum atomic E-state index is 14.2. The van der Waals surface area contributed by atoms with E-state index in [1.54, 1.807) is 4.90 Å². The molecule has 3 amide bonds. The highest BCUT2D eigenvalue weighted by Crippen LogP contribution is 2.55. The molecule has 1 saturated heterocycles. The molecule has 36 heavy (non-hydrogen) atoms. The molecule has 1 atom stereocenters. The van der Waals surface area contributed by atoms with Crippen LogP contribution in [0.5, 0.6) is 0 Å². The maximum Gasteiger partial charge on any atom is 0.269 e. The second-order valence-corrected chi connectivity index (χ2v) is 10.6. The molecule has 1 fully saturated rings. The monoisotopic (exact) mass is 499 g/mol. The molecule has 184 valence electrons. The van der Waals surface area contributed by atoms with Crippen LogP contribution in [-0.4, -0.2) is 30.0 Å². The van der Waals surface area contributed by atoms with E-state index in [-0.39, 0.29) is 30.0 Å². The summed E-state index contributed by atoms with van der Waals surface area (Å²) in [6.07, 6.45) is 0.787. The van der Waals surface area contributed by atoms with Gasteiger partial charge in [0.05, 0.1) is 11.4 Å². The van der Waals surface area contributed by atoms with Gasteiger partial charge < -0.3 is 5.32 Å². The summed E-state index contributed by atoms with van der Waals surface area (Å²) >= 11 is 1.32. The molecule has 1 spiro atoms. The molecule has 1 N–H and O–H groups in total. The van der Waals surface area contributed by atoms with E-state index >= 15 is 0 Å². The molecule has 0 radical (unpaired) electrons. The summed E-state index contributed by atoms with van der Waals surface area (Å²) in [5.41, 5.74) is 6.95. The number of amides is 3. The van der Waals surface area contributed by atoms with Crippen molar-refractivity contribution in [2.75, 3.05) is 27.4 Å². The minimum Gasteiger partial charge on any atom is -0.324 e. The van der Waals surface area contributed by atoms with Gasteiger partial charge >= 0.3 is 0 Å². The molecule has 0 aliphatic carbocycles. The predicted molar refractivity (Wildman–Crippen MR) is 146 cm³/mol. The van der Waals surface area contributed by atoms with Crippen LogP contribution in [0.4, 0.5) is 17.1 Å². The molecular weight excluding hydrogens is 470 g/mol. The maximum absolute atomic E-state index is 14.2. The van der Waals surface area contributed by atoms with Crippen LogP contribution in [0.15, 0.2) is 60.7 Å². The van der Waals surface area contributed by atoms with Crippen molar-refractivity contribution >= 4 is 46.5 Å². The van der Waals surface area contributed by atoms with E-state index in [2.05, 4.69) is 5.32 Å². The first-order chi connectivity index (χ1) is 17.3. The summed E-state index contributed by atoms with van der Waals surface area (Å²) in [7, 11) is 0. The number of rotatable bonds is 5. The summed E-state index contributed by atoms with van der Waals surface area (Å²) in [4.78, 5) is 42.6. The number of aryl methyl sites for hydroxylation is 4. The van der Waals surface area contributed by atoms with E-state index in [4.69, 9.17) is 0 Å². The molecule has 0 unspecified atom stereocenters. The molecule has 2 aliphatic heterocycles. The van der Waals surface area contributed by atoms with Gasteiger partial charge in [-0.3, -0.25) is 24.2 Å². The number of carbonyl (C=O) groups excluding carboxylic acids is 3. The number of nitrogens with one attached hydrogen (secondary N) is 1. The molecule has 0 saturated carbocycles. The number of para-hydroxylation sites is 2. The number of nitrogens with zero attached hydrogens (tertiary/aromatic N) is 2. The van der Waals surface area contributed by atoms with Crippen molar-refractivity contribution in [3.05, 3.63) is 88.5 Å². The van der Waals surface area contributed by atoms with Crippen molar-refractivity contribution in [2.24, 2.45) is 0 Å². The average Bonchev–Trinajstić information content (AvgIpc) is 3.30. The first-order valence-corrected chi connectivity index (χ1v) is 13.1. The van der Waals surface area contributed by atoms with Crippen LogP contribution in [-0.2, 0) is 25.7 Å². The van der Waals surface area contributed by atoms with Crippen molar-refractivity contribution in [2.45, 2.75) is 39.0 Å². The lowest BCUT2D eigenvalue weighted by Gasteiger charge is -2.33. The standard InChI is InChI=1S/C29H29N3O3S/c1-5-21-10-8-9-20(4)27(21)30-25(33)16-31-24-12-7-6-11-23(24)29(28(31)35)32(26(34)17-36-29)22-14-18(2)13-19(3)15-22/h6-15H,5,16-17H2,1-4H3,(H,30,33)/t29-/m0/s1. The summed E-state index contributed by atoms with van der Waals surface area (Å²) in [5.74, 6) is -0.469. The molecule has 2 heterocycles. The number of fused-ring (bicyclic) bond motifs is 2. The quantitative estimate of drug-likeness (QED) is 0.531. The minimum atomic E-state index is -1.23. The van der Waals surface area contributed by atoms with E-state index in [0.29, 0.717) is 11.4 Å². The molecule has 3 aromatic carbocycles. The molecule has 7 heteroatoms. The van der Waals surface area contributed by atoms with Crippen molar-refractivity contribution in [1.29, 1.82) is 0 Å². The molecule has 3 aromatic rings. The van der Waals surface area contributed by atoms with Gasteiger partial charge in [0, 0.05) is 16.9 Å². The third-order valence-corrected chi connectivity index (χ3v) is 8.22. The third-order valence-electron chi connectivity index (χ3n) is 6.83. The second kappa shape index (κ2) is 9.13. The number of anilines is 3. The largest absolute Gasteiger partial charge is 0.324 e. The highest BCUT2D eigenvalue weighted by atomic mass is 32.2. The Morgan fingerprint density at radius 1 is 1.00 bits per heavy atom. The lowest BCUT2D eigenvalue weighted by molar-refractivity contribution is -0.124. The fourth-order valence-corrected chi connectivity index (χ4v) is 6.68. The lowest BCUT2D eigenvalue weighted by atomic mass is 10.0. The number of hydrogen-bond donors (Lipinski definition) is 1. The van der Waals surface area contributed by atoms with E-state index in [9.17, 15) is 14.4 Å². The molecule has 6 nitrogen and oxygen atoms in total. The van der Waals surface area contributed by atoms with Crippen LogP contribution >= 0.6 is 11.8 Å². The van der Waals surface area contributed by atoms with Crippen LogP contribution in [0.2, 0.25) is 0 Å². The van der Waals surface area contributed by atoms with Gasteiger partial charge in [0.1, 0.15) is 6.54 Å². The smallest absolute Gasteiger partial charge is 0.269 e. The van der Waals surface area contributed by atoms with Gasteiger partial charge in [-0.05, 0) is 67.6 Å². The van der Waals surface area contributed by atoms with Gasteiger partial charge in [-0.15, -0.1) is 11.8 Å². The van der Waals surface area contributed by atoms with E-state index in [1.165, 1.54) is 16.7 Å². The van der Waals surface area contributed by atoms with Crippen LogP contribution in [0.3, 0.4) is 0 Å². The lowest BCUT2D eigenvalue weighted by Crippen LogP contribution is -2.51. The summed E-state index contributed by atoms with van der Waals surface area (Å²) in [6, 6.07) is 19.3. The number of thioether (sulfide) groups is 1. The van der Waals surface area contributed by atoms with Crippen LogP contribution in [0, 0.1) is 20.8 Å². The number of hydrogen-bond acceptors (Lipinski definition) is 4. The second-order valence-electron chi connectivity index (χ2n) is 9.43. The Morgan fingerprint density at radius 2 is 1.72 bits per heavy atom. The Morgan fingerprint density at radius 3 is 2.44 bits per heavy atom. The van der Waals surface area contributed by atoms with Gasteiger partial charge in [-0.1, -0.05) is 49.4 Å². The fourth-order valence-electron chi connectivity index (χ4n) is 5.32. The zero-order chi connectivity index (χ0) is 25.6. The Hall–Kier alpha value is -3.58. The highest BCUT2D eigenvalue weighted by molar-refractivity contribution is 8.02. The highest BCUT2D eigenvalue weighted by Gasteiger charge is 2.61. The normalized spacial score (nSPS) is 18.8. The van der Waals surface area contributed by atoms with E-state index in [1.807, 2.05) is 88.4 Å². The van der Waals surface area contributed by atoms with Crippen molar-refractivity contribution in [3.63, 3.8) is 0 Å². The SMILES string of the molecule is CCc1cccc(C)c1NC(=O)CN1C(=O)[C@@]2(SCC(=O)N2c2cc(C)cc(C)c2)c2ccccc21. The first-order valence-electron chi connectivity index (χ1n) is 12.1. The number of carbonyl (C=O) groups is 3. The van der Waals surface area contributed by atoms with Crippen molar-refractivity contribution in [3.8, 4) is 0 Å². The Kier molecular flexibility index (Phi) is 6.12. The van der Waals surface area contributed by atoms with Crippen LogP contribution in [0.25, 0.3) is 0 Å². The van der Waals surface area contributed by atoms with Crippen molar-refractivity contribution in [1.82, 2.24) is 0 Å². The minimum absolute atomic E-state index is 0.119. The topological polar surface area (TPSA) is 69.7 Å². The summed E-state index contributed by atoms with van der Waals surface area (Å²) in [5, 5.41) is 3.03. The van der Waals surface area contributed by atoms with Gasteiger partial charge in [0.25, 0.3) is 5.91 Å². The van der Waals surface area contributed by atoms with Gasteiger partial charge in [-0.2, -0.15) is 0 Å². The fraction of sp³-hybridized carbons (Fsp3) is 0.276. The van der Waals surface area contributed by atoms with Crippen molar-refractivity contribution < 1.29 is 14.4 Å². The molecule has 5 rings (SSSR count). The van der Waals surface area contributed by atoms with E-state index in [0.717, 1.165) is 39.9 Å². The Bertz CT molecular complexity index is 1380. The van der Waals surface area contributed by atoms with Crippen LogP contribution < -0.4 is 15.1 Å². The zero-order valence-electron chi connectivity index (χ0n) is 20.9. The zero-order valence-corrected chi connectivity index (χ0v) is 21.7. The molecule has 0 aromatic heterocycles. The summed E-state index contributed by atoms with van der Waals surface area (Å²) in [6.45, 7) is 7.83.